The van der Waals surface area contributed by atoms with Gasteiger partial charge in [0.05, 0.1) is 0 Å². The van der Waals surface area contributed by atoms with Crippen LogP contribution >= 0.6 is 0 Å². The van der Waals surface area contributed by atoms with Crippen LogP contribution in [0.25, 0.3) is 0 Å². The molecule has 0 aromatic carbocycles. The molecule has 1 radical (unpaired) electrons. The molecule has 3 heteroatoms. The number of nitrogens with one attached hydrogen (secondary N) is 1. The number of carbonyl (C=O) groups excluding carboxylic acids is 1. The first-order valence-corrected chi connectivity index (χ1v) is 2.16. The van der Waals surface area contributed by atoms with Gasteiger partial charge in [0.2, 0.25) is 5.91 Å². The Bertz CT molecular complexity index is 66.1. The van der Waals surface area contributed by atoms with Crippen molar-refractivity contribution < 1.29 is 4.79 Å². The maximum absolute atomic E-state index is 10.1. The van der Waals surface area contributed by atoms with Gasteiger partial charge in [-0.05, 0) is 6.42 Å². The second kappa shape index (κ2) is 4.03. The molecule has 0 aliphatic carbocycles. The topological polar surface area (TPSA) is 29.1 Å². The van der Waals surface area contributed by atoms with Gasteiger partial charge in [0.15, 0.2) is 0 Å². The van der Waals surface area contributed by atoms with E-state index in [9.17, 15) is 4.79 Å². The van der Waals surface area contributed by atoms with E-state index in [4.69, 9.17) is 0 Å². The Morgan fingerprint density at radius 3 is 2.43 bits per heavy atom. The van der Waals surface area contributed by atoms with Crippen LogP contribution in [0.1, 0.15) is 12.8 Å². The molecule has 0 saturated carbocycles. The van der Waals surface area contributed by atoms with Gasteiger partial charge in [-0.3, -0.25) is 4.79 Å². The standard InChI is InChI=1S/C4H7NO.K/c6-4-2-1-3-5-4;/h1-3H2,(H,5,6);. The summed E-state index contributed by atoms with van der Waals surface area (Å²) in [7, 11) is 0. The molecule has 1 heterocycles. The Balaban J connectivity index is 0.000000360. The first kappa shape index (κ1) is 8.11. The minimum Gasteiger partial charge on any atom is -0.356 e. The van der Waals surface area contributed by atoms with Crippen LogP contribution in [-0.2, 0) is 4.79 Å². The smallest absolute Gasteiger partial charge is 0.220 e. The number of amides is 1. The zero-order chi connectivity index (χ0) is 4.41. The van der Waals surface area contributed by atoms with Gasteiger partial charge in [-0.15, -0.1) is 0 Å². The van der Waals surface area contributed by atoms with E-state index >= 15 is 0 Å². The van der Waals surface area contributed by atoms with Crippen LogP contribution in [-0.4, -0.2) is 63.8 Å². The van der Waals surface area contributed by atoms with E-state index in [1.807, 2.05) is 0 Å². The molecule has 1 N–H and O–H groups in total. The average molecular weight is 124 g/mol. The van der Waals surface area contributed by atoms with Crippen LogP contribution in [0, 0.1) is 0 Å². The Hall–Kier alpha value is 1.11. The predicted octanol–water partition coefficient (Wildman–Crippen LogP) is -0.484. The SMILES string of the molecule is O=C1CCCN1.[K]. The second-order valence-electron chi connectivity index (χ2n) is 1.45. The molecule has 1 aliphatic rings. The van der Waals surface area contributed by atoms with E-state index in [1.165, 1.54) is 0 Å². The van der Waals surface area contributed by atoms with Crippen molar-refractivity contribution in [3.05, 3.63) is 0 Å². The largest absolute Gasteiger partial charge is 0.356 e. The van der Waals surface area contributed by atoms with Crippen molar-refractivity contribution >= 4 is 57.3 Å². The van der Waals surface area contributed by atoms with Crippen molar-refractivity contribution in [2.75, 3.05) is 6.54 Å². The first-order valence-electron chi connectivity index (χ1n) is 2.16. The van der Waals surface area contributed by atoms with E-state index in [1.54, 1.807) is 0 Å². The van der Waals surface area contributed by atoms with Crippen LogP contribution in [0.4, 0.5) is 0 Å². The summed E-state index contributed by atoms with van der Waals surface area (Å²) in [5.41, 5.74) is 0. The van der Waals surface area contributed by atoms with Gasteiger partial charge in [-0.1, -0.05) is 0 Å². The Kier molecular flexibility index (Phi) is 4.67. The Morgan fingerprint density at radius 1 is 1.57 bits per heavy atom. The molecule has 1 aliphatic heterocycles. The Labute approximate surface area is 85.5 Å². The summed E-state index contributed by atoms with van der Waals surface area (Å²) in [5, 5.41) is 2.68. The molecule has 1 amide bonds. The van der Waals surface area contributed by atoms with Crippen molar-refractivity contribution in [2.45, 2.75) is 12.8 Å². The number of rotatable bonds is 0. The third kappa shape index (κ3) is 2.82. The molecular weight excluding hydrogens is 117 g/mol. The molecule has 1 saturated heterocycles. The quantitative estimate of drug-likeness (QED) is 0.434. The number of hydrogen-bond acceptors (Lipinski definition) is 1. The summed E-state index contributed by atoms with van der Waals surface area (Å²) in [6.07, 6.45) is 1.76. The third-order valence-corrected chi connectivity index (χ3v) is 0.903. The maximum atomic E-state index is 10.1. The maximum Gasteiger partial charge on any atom is 0.220 e. The molecule has 0 unspecified atom stereocenters. The summed E-state index contributed by atoms with van der Waals surface area (Å²) in [5.74, 6) is 0.204. The minimum absolute atomic E-state index is 0. The van der Waals surface area contributed by atoms with Crippen LogP contribution in [0.3, 0.4) is 0 Å². The van der Waals surface area contributed by atoms with Gasteiger partial charge in [0, 0.05) is 64.4 Å². The van der Waals surface area contributed by atoms with Crippen LogP contribution in [0.2, 0.25) is 0 Å². The fraction of sp³-hybridized carbons (Fsp3) is 0.750. The van der Waals surface area contributed by atoms with E-state index in [-0.39, 0.29) is 57.3 Å². The van der Waals surface area contributed by atoms with Crippen molar-refractivity contribution in [3.63, 3.8) is 0 Å². The zero-order valence-corrected chi connectivity index (χ0v) is 7.65. The average Bonchev–Trinajstić information content (AvgIpc) is 1.86. The number of hydrogen-bond donors (Lipinski definition) is 1. The molecule has 35 valence electrons. The van der Waals surface area contributed by atoms with Gasteiger partial charge in [-0.25, -0.2) is 0 Å². The van der Waals surface area contributed by atoms with Crippen molar-refractivity contribution in [1.82, 2.24) is 5.32 Å². The van der Waals surface area contributed by atoms with Crippen molar-refractivity contribution in [3.8, 4) is 0 Å². The van der Waals surface area contributed by atoms with Crippen molar-refractivity contribution in [2.24, 2.45) is 0 Å². The van der Waals surface area contributed by atoms with E-state index in [0.29, 0.717) is 0 Å². The Morgan fingerprint density at radius 2 is 2.29 bits per heavy atom. The van der Waals surface area contributed by atoms with Crippen LogP contribution in [0.15, 0.2) is 0 Å². The summed E-state index contributed by atoms with van der Waals surface area (Å²) in [4.78, 5) is 10.1. The summed E-state index contributed by atoms with van der Waals surface area (Å²) in [6, 6.07) is 0. The van der Waals surface area contributed by atoms with Gasteiger partial charge < -0.3 is 5.32 Å². The third-order valence-electron chi connectivity index (χ3n) is 0.903. The molecule has 0 spiro atoms. The molecule has 7 heavy (non-hydrogen) atoms. The zero-order valence-electron chi connectivity index (χ0n) is 4.53. The summed E-state index contributed by atoms with van der Waals surface area (Å²) < 4.78 is 0. The molecular formula is C4H7KNO. The molecule has 2 nitrogen and oxygen atoms in total. The van der Waals surface area contributed by atoms with Gasteiger partial charge >= 0.3 is 0 Å². The molecule has 1 rings (SSSR count). The van der Waals surface area contributed by atoms with Gasteiger partial charge in [-0.2, -0.15) is 0 Å². The van der Waals surface area contributed by atoms with Crippen LogP contribution < -0.4 is 5.32 Å². The fourth-order valence-electron chi connectivity index (χ4n) is 0.565. The fourth-order valence-corrected chi connectivity index (χ4v) is 0.565. The molecule has 0 atom stereocenters. The predicted molar refractivity (Wildman–Crippen MR) is 28.0 cm³/mol. The van der Waals surface area contributed by atoms with E-state index < -0.39 is 0 Å². The van der Waals surface area contributed by atoms with E-state index in [0.717, 1.165) is 19.4 Å². The first-order chi connectivity index (χ1) is 2.89. The van der Waals surface area contributed by atoms with Crippen molar-refractivity contribution in [1.29, 1.82) is 0 Å². The summed E-state index contributed by atoms with van der Waals surface area (Å²) >= 11 is 0. The second-order valence-corrected chi connectivity index (χ2v) is 1.45. The number of carbonyl (C=O) groups is 1. The summed E-state index contributed by atoms with van der Waals surface area (Å²) in [6.45, 7) is 0.888. The van der Waals surface area contributed by atoms with Gasteiger partial charge in [0.1, 0.15) is 0 Å². The van der Waals surface area contributed by atoms with Gasteiger partial charge in [0.25, 0.3) is 0 Å². The molecule has 0 bridgehead atoms. The normalized spacial score (nSPS) is 18.0. The molecule has 0 aromatic heterocycles. The molecule has 1 fully saturated rings. The molecule has 0 aromatic rings. The van der Waals surface area contributed by atoms with E-state index in [2.05, 4.69) is 5.32 Å². The minimum atomic E-state index is 0. The monoisotopic (exact) mass is 124 g/mol. The van der Waals surface area contributed by atoms with Crippen LogP contribution in [0.5, 0.6) is 0 Å².